The first kappa shape index (κ1) is 19.2. The average Bonchev–Trinajstić information content (AvgIpc) is 2.91. The SMILES string of the molecule is c1ccc(B2c3cnccc3Oc3c2ccc2c3B(c3ccccc3)c3ccccc3O2)cc1. The molecule has 0 fully saturated rings. The van der Waals surface area contributed by atoms with Crippen molar-refractivity contribution in [1.82, 2.24) is 4.98 Å². The van der Waals surface area contributed by atoms with Crippen LogP contribution in [0.15, 0.2) is 116 Å². The molecule has 1 aromatic heterocycles. The highest BCUT2D eigenvalue weighted by molar-refractivity contribution is 7.00. The lowest BCUT2D eigenvalue weighted by atomic mass is 9.32. The van der Waals surface area contributed by atoms with E-state index in [1.807, 2.05) is 24.4 Å². The second-order valence-corrected chi connectivity index (χ2v) is 8.74. The number of pyridine rings is 1. The van der Waals surface area contributed by atoms with Crippen LogP contribution in [-0.2, 0) is 0 Å². The molecule has 0 aliphatic carbocycles. The molecule has 0 unspecified atom stereocenters. The van der Waals surface area contributed by atoms with Gasteiger partial charge in [-0.2, -0.15) is 0 Å². The maximum Gasteiger partial charge on any atom is 0.255 e. The Balaban J connectivity index is 1.52. The Kier molecular flexibility index (Phi) is 4.34. The van der Waals surface area contributed by atoms with Gasteiger partial charge in [0.1, 0.15) is 23.0 Å². The minimum atomic E-state index is 0.0101. The number of fused-ring (bicyclic) bond motifs is 5. The smallest absolute Gasteiger partial charge is 0.255 e. The summed E-state index contributed by atoms with van der Waals surface area (Å²) in [6.45, 7) is 0.0449. The summed E-state index contributed by atoms with van der Waals surface area (Å²) < 4.78 is 13.1. The highest BCUT2D eigenvalue weighted by Crippen LogP contribution is 2.31. The van der Waals surface area contributed by atoms with Gasteiger partial charge in [0.15, 0.2) is 0 Å². The third-order valence-electron chi connectivity index (χ3n) is 6.84. The molecule has 7 rings (SSSR count). The topological polar surface area (TPSA) is 31.4 Å². The van der Waals surface area contributed by atoms with Crippen molar-refractivity contribution in [2.75, 3.05) is 0 Å². The molecule has 0 N–H and O–H groups in total. The molecule has 5 heteroatoms. The van der Waals surface area contributed by atoms with Crippen LogP contribution in [0.25, 0.3) is 0 Å². The first-order valence-corrected chi connectivity index (χ1v) is 11.5. The Morgan fingerprint density at radius 1 is 0.500 bits per heavy atom. The first-order chi connectivity index (χ1) is 16.9. The zero-order chi connectivity index (χ0) is 22.5. The maximum atomic E-state index is 6.67. The van der Waals surface area contributed by atoms with Gasteiger partial charge >= 0.3 is 0 Å². The molecule has 4 aromatic carbocycles. The van der Waals surface area contributed by atoms with Gasteiger partial charge in [-0.3, -0.25) is 4.98 Å². The lowest BCUT2D eigenvalue weighted by Gasteiger charge is -2.33. The molecular formula is C29H19B2NO2. The number of hydrogen-bond acceptors (Lipinski definition) is 3. The standard InChI is InChI=1S/C29H19B2NO2/c1-3-9-20(10-4-1)30-23-15-16-27-28(29(23)34-26-17-18-32-19-24(26)30)31(21-11-5-2-6-12-21)22-13-7-8-14-25(22)33-27/h1-19H. The number of para-hydroxylation sites is 1. The van der Waals surface area contributed by atoms with E-state index in [1.54, 1.807) is 6.20 Å². The van der Waals surface area contributed by atoms with Gasteiger partial charge in [0, 0.05) is 17.9 Å². The second-order valence-electron chi connectivity index (χ2n) is 8.74. The fraction of sp³-hybridized carbons (Fsp3) is 0. The fourth-order valence-electron chi connectivity index (χ4n) is 5.37. The van der Waals surface area contributed by atoms with Crippen LogP contribution >= 0.6 is 0 Å². The Hall–Kier alpha value is -4.24. The van der Waals surface area contributed by atoms with E-state index < -0.39 is 0 Å². The summed E-state index contributed by atoms with van der Waals surface area (Å²) in [6.07, 6.45) is 3.72. The van der Waals surface area contributed by atoms with Crippen molar-refractivity contribution in [2.24, 2.45) is 0 Å². The highest BCUT2D eigenvalue weighted by Gasteiger charge is 2.40. The summed E-state index contributed by atoms with van der Waals surface area (Å²) in [5.74, 6) is 3.46. The van der Waals surface area contributed by atoms with Crippen LogP contribution in [-0.4, -0.2) is 18.4 Å². The van der Waals surface area contributed by atoms with E-state index in [0.717, 1.165) is 44.8 Å². The van der Waals surface area contributed by atoms with E-state index in [2.05, 4.69) is 89.9 Å². The van der Waals surface area contributed by atoms with Crippen molar-refractivity contribution in [2.45, 2.75) is 0 Å². The zero-order valence-electron chi connectivity index (χ0n) is 18.4. The normalized spacial score (nSPS) is 13.1. The van der Waals surface area contributed by atoms with Gasteiger partial charge in [-0.25, -0.2) is 0 Å². The zero-order valence-corrected chi connectivity index (χ0v) is 18.4. The van der Waals surface area contributed by atoms with Gasteiger partial charge in [0.25, 0.3) is 13.4 Å². The second kappa shape index (κ2) is 7.67. The Morgan fingerprint density at radius 3 is 1.97 bits per heavy atom. The number of benzene rings is 4. The van der Waals surface area contributed by atoms with Crippen LogP contribution in [0.4, 0.5) is 0 Å². The van der Waals surface area contributed by atoms with E-state index in [0.29, 0.717) is 0 Å². The highest BCUT2D eigenvalue weighted by atomic mass is 16.5. The van der Waals surface area contributed by atoms with Crippen molar-refractivity contribution < 1.29 is 9.47 Å². The van der Waals surface area contributed by atoms with Gasteiger partial charge in [-0.05, 0) is 34.6 Å². The van der Waals surface area contributed by atoms with Gasteiger partial charge in [-0.1, -0.05) is 95.9 Å². The van der Waals surface area contributed by atoms with Crippen molar-refractivity contribution in [3.8, 4) is 23.0 Å². The molecule has 34 heavy (non-hydrogen) atoms. The molecule has 0 spiro atoms. The van der Waals surface area contributed by atoms with Crippen LogP contribution in [0.3, 0.4) is 0 Å². The molecule has 0 radical (unpaired) electrons. The summed E-state index contributed by atoms with van der Waals surface area (Å²) in [7, 11) is 0. The summed E-state index contributed by atoms with van der Waals surface area (Å²) in [4.78, 5) is 4.42. The Morgan fingerprint density at radius 2 is 1.18 bits per heavy atom. The van der Waals surface area contributed by atoms with Gasteiger partial charge < -0.3 is 9.47 Å². The van der Waals surface area contributed by atoms with Crippen molar-refractivity contribution >= 4 is 46.2 Å². The molecule has 2 aliphatic heterocycles. The third kappa shape index (κ3) is 2.90. The van der Waals surface area contributed by atoms with Gasteiger partial charge in [-0.15, -0.1) is 0 Å². The molecule has 0 saturated carbocycles. The van der Waals surface area contributed by atoms with E-state index in [9.17, 15) is 0 Å². The van der Waals surface area contributed by atoms with Crippen LogP contribution in [0, 0.1) is 0 Å². The molecule has 2 aliphatic rings. The Bertz CT molecular complexity index is 1520. The molecule has 0 amide bonds. The quantitative estimate of drug-likeness (QED) is 0.391. The van der Waals surface area contributed by atoms with Crippen molar-refractivity contribution in [1.29, 1.82) is 0 Å². The van der Waals surface area contributed by atoms with Gasteiger partial charge in [0.05, 0.1) is 0 Å². The van der Waals surface area contributed by atoms with E-state index in [1.165, 1.54) is 10.9 Å². The summed E-state index contributed by atoms with van der Waals surface area (Å²) in [5, 5.41) is 0. The third-order valence-corrected chi connectivity index (χ3v) is 6.84. The summed E-state index contributed by atoms with van der Waals surface area (Å²) in [5.41, 5.74) is 6.87. The molecule has 158 valence electrons. The van der Waals surface area contributed by atoms with Crippen LogP contribution in [0.5, 0.6) is 23.0 Å². The predicted molar refractivity (Wildman–Crippen MR) is 139 cm³/mol. The average molecular weight is 435 g/mol. The summed E-state index contributed by atoms with van der Waals surface area (Å²) in [6, 6.07) is 35.7. The number of hydrogen-bond donors (Lipinski definition) is 0. The molecule has 3 heterocycles. The molecule has 0 saturated heterocycles. The first-order valence-electron chi connectivity index (χ1n) is 11.5. The fourth-order valence-corrected chi connectivity index (χ4v) is 5.37. The number of aromatic nitrogens is 1. The van der Waals surface area contributed by atoms with E-state index in [4.69, 9.17) is 9.47 Å². The number of ether oxygens (including phenoxy) is 2. The van der Waals surface area contributed by atoms with Crippen molar-refractivity contribution in [3.05, 3.63) is 116 Å². The minimum Gasteiger partial charge on any atom is -0.459 e. The minimum absolute atomic E-state index is 0.0101. The largest absolute Gasteiger partial charge is 0.459 e. The molecule has 0 atom stereocenters. The Labute approximate surface area is 199 Å². The van der Waals surface area contributed by atoms with E-state index in [-0.39, 0.29) is 13.4 Å². The maximum absolute atomic E-state index is 6.67. The number of rotatable bonds is 2. The predicted octanol–water partition coefficient (Wildman–Crippen LogP) is 2.33. The number of nitrogens with zero attached hydrogens (tertiary/aromatic N) is 1. The van der Waals surface area contributed by atoms with Crippen LogP contribution in [0.1, 0.15) is 0 Å². The lowest BCUT2D eigenvalue weighted by Crippen LogP contribution is -2.60. The molecule has 5 aromatic rings. The lowest BCUT2D eigenvalue weighted by molar-refractivity contribution is 0.469. The van der Waals surface area contributed by atoms with E-state index >= 15 is 0 Å². The van der Waals surface area contributed by atoms with Crippen LogP contribution < -0.4 is 42.3 Å². The molecule has 0 bridgehead atoms. The summed E-state index contributed by atoms with van der Waals surface area (Å²) >= 11 is 0. The van der Waals surface area contributed by atoms with Crippen molar-refractivity contribution in [3.63, 3.8) is 0 Å². The monoisotopic (exact) mass is 435 g/mol. The molecule has 3 nitrogen and oxygen atoms in total. The van der Waals surface area contributed by atoms with Gasteiger partial charge in [0.2, 0.25) is 0 Å². The van der Waals surface area contributed by atoms with Crippen LogP contribution in [0.2, 0.25) is 0 Å². The molecular weight excluding hydrogens is 416 g/mol.